The van der Waals surface area contributed by atoms with Crippen LogP contribution in [-0.2, 0) is 5.75 Å². The van der Waals surface area contributed by atoms with Gasteiger partial charge >= 0.3 is 0 Å². The highest BCUT2D eigenvalue weighted by atomic mass is 32.2. The maximum Gasteiger partial charge on any atom is 0.224 e. The van der Waals surface area contributed by atoms with Crippen LogP contribution < -0.4 is 10.6 Å². The number of nitrogens with one attached hydrogen (secondary N) is 2. The van der Waals surface area contributed by atoms with Crippen LogP contribution in [0.4, 0.5) is 17.5 Å². The van der Waals surface area contributed by atoms with Gasteiger partial charge in [-0.3, -0.25) is 0 Å². The lowest BCUT2D eigenvalue weighted by atomic mass is 10.1. The highest BCUT2D eigenvalue weighted by molar-refractivity contribution is 8.13. The van der Waals surface area contributed by atoms with Crippen LogP contribution in [0.5, 0.6) is 0 Å². The molecular weight excluding hydrogens is 486 g/mol. The van der Waals surface area contributed by atoms with Gasteiger partial charge in [0.1, 0.15) is 10.9 Å². The van der Waals surface area contributed by atoms with Crippen LogP contribution in [0.15, 0.2) is 29.3 Å². The topological polar surface area (TPSA) is 123 Å². The standard InChI is InChI=1S/C25H35N5OS.C3H8O2/c1-3-4-5-8-13-26-25-27-17(2)22(23(30-25)28-20-12-11-18(14-20)15-31)24-29-21-10-7-6-9-19(21)16-32-24;1-3(2,4)5/h6-7,9-10,18,20,31H,3-5,8,11-16H2,1-2H3,(H2,26,27,28,30);4-5H,1-2H3. The summed E-state index contributed by atoms with van der Waals surface area (Å²) < 4.78 is 0. The molecule has 4 rings (SSSR count). The van der Waals surface area contributed by atoms with Crippen LogP contribution in [0.1, 0.15) is 82.5 Å². The van der Waals surface area contributed by atoms with Crippen LogP contribution >= 0.6 is 11.8 Å². The number of hydrogen-bond acceptors (Lipinski definition) is 9. The fraction of sp³-hybridized carbons (Fsp3) is 0.607. The summed E-state index contributed by atoms with van der Waals surface area (Å²) in [5.74, 6) is 1.33. The zero-order valence-corrected chi connectivity index (χ0v) is 23.4. The number of aryl methyl sites for hydroxylation is 1. The van der Waals surface area contributed by atoms with Gasteiger partial charge in [-0.15, -0.1) is 11.8 Å². The van der Waals surface area contributed by atoms with Gasteiger partial charge in [-0.25, -0.2) is 9.98 Å². The van der Waals surface area contributed by atoms with Gasteiger partial charge in [0.05, 0.1) is 16.9 Å². The van der Waals surface area contributed by atoms with Crippen molar-refractivity contribution in [3.8, 4) is 0 Å². The third kappa shape index (κ3) is 9.56. The first kappa shape index (κ1) is 29.4. The molecule has 1 saturated carbocycles. The highest BCUT2D eigenvalue weighted by Gasteiger charge is 2.27. The van der Waals surface area contributed by atoms with Crippen molar-refractivity contribution < 1.29 is 15.3 Å². The first-order chi connectivity index (χ1) is 17.7. The van der Waals surface area contributed by atoms with Crippen molar-refractivity contribution >= 4 is 34.3 Å². The Hall–Kier alpha value is -2.20. The second-order valence-electron chi connectivity index (χ2n) is 10.4. The molecule has 1 fully saturated rings. The van der Waals surface area contributed by atoms with E-state index >= 15 is 0 Å². The number of para-hydroxylation sites is 1. The summed E-state index contributed by atoms with van der Waals surface area (Å²) in [6.07, 6.45) is 7.93. The van der Waals surface area contributed by atoms with Gasteiger partial charge in [0.25, 0.3) is 0 Å². The van der Waals surface area contributed by atoms with E-state index in [2.05, 4.69) is 42.7 Å². The number of aliphatic hydroxyl groups is 3. The SMILES string of the molecule is CC(C)(O)O.CCCCCCNc1nc(C)c(C2=Nc3ccccc3CS2)c(NC2CCC(CO)C2)n1. The lowest BCUT2D eigenvalue weighted by molar-refractivity contribution is -0.127. The number of anilines is 2. The Kier molecular flexibility index (Phi) is 11.2. The smallest absolute Gasteiger partial charge is 0.224 e. The van der Waals surface area contributed by atoms with Crippen LogP contribution in [0.2, 0.25) is 0 Å². The van der Waals surface area contributed by atoms with Crippen molar-refractivity contribution in [2.75, 3.05) is 23.8 Å². The predicted molar refractivity (Wildman–Crippen MR) is 154 cm³/mol. The number of thioether (sulfide) groups is 1. The molecule has 0 radical (unpaired) electrons. The van der Waals surface area contributed by atoms with Crippen molar-refractivity contribution in [2.24, 2.45) is 10.9 Å². The molecule has 37 heavy (non-hydrogen) atoms. The van der Waals surface area contributed by atoms with E-state index < -0.39 is 5.79 Å². The summed E-state index contributed by atoms with van der Waals surface area (Å²) in [5.41, 5.74) is 4.25. The number of aromatic nitrogens is 2. The number of hydrogen-bond donors (Lipinski definition) is 5. The first-order valence-corrected chi connectivity index (χ1v) is 14.4. The number of nitrogens with zero attached hydrogens (tertiary/aromatic N) is 3. The maximum atomic E-state index is 9.56. The van der Waals surface area contributed by atoms with Crippen molar-refractivity contribution in [1.29, 1.82) is 0 Å². The second-order valence-corrected chi connectivity index (χ2v) is 11.3. The fourth-order valence-corrected chi connectivity index (χ4v) is 5.58. The minimum Gasteiger partial charge on any atom is -0.396 e. The normalized spacial score (nSPS) is 18.9. The quantitative estimate of drug-likeness (QED) is 0.205. The Morgan fingerprint density at radius 3 is 2.54 bits per heavy atom. The van der Waals surface area contributed by atoms with E-state index in [1.165, 1.54) is 38.7 Å². The van der Waals surface area contributed by atoms with Gasteiger partial charge in [0.2, 0.25) is 5.95 Å². The molecule has 2 aromatic rings. The number of benzene rings is 1. The average Bonchev–Trinajstić information content (AvgIpc) is 3.30. The van der Waals surface area contributed by atoms with E-state index in [9.17, 15) is 5.11 Å². The van der Waals surface area contributed by atoms with E-state index in [0.717, 1.165) is 65.8 Å². The molecule has 8 nitrogen and oxygen atoms in total. The molecule has 1 aromatic carbocycles. The monoisotopic (exact) mass is 529 g/mol. The fourth-order valence-electron chi connectivity index (χ4n) is 4.49. The molecular formula is C28H43N5O3S. The third-order valence-corrected chi connectivity index (χ3v) is 7.36. The van der Waals surface area contributed by atoms with Crippen LogP contribution in [0.25, 0.3) is 0 Å². The Morgan fingerprint density at radius 1 is 1.08 bits per heavy atom. The Labute approximate surface area is 225 Å². The Balaban J connectivity index is 0.000000695. The number of rotatable bonds is 10. The molecule has 0 bridgehead atoms. The minimum absolute atomic E-state index is 0.262. The van der Waals surface area contributed by atoms with Crippen LogP contribution in [0.3, 0.4) is 0 Å². The molecule has 2 atom stereocenters. The van der Waals surface area contributed by atoms with E-state index in [1.807, 2.05) is 6.07 Å². The lowest BCUT2D eigenvalue weighted by Crippen LogP contribution is -2.21. The van der Waals surface area contributed by atoms with Crippen LogP contribution in [-0.4, -0.2) is 55.3 Å². The molecule has 1 aromatic heterocycles. The molecule has 0 spiro atoms. The van der Waals surface area contributed by atoms with Gasteiger partial charge in [-0.05, 0) is 64.0 Å². The molecule has 0 amide bonds. The van der Waals surface area contributed by atoms with Gasteiger partial charge in [-0.1, -0.05) is 44.4 Å². The molecule has 9 heteroatoms. The maximum absolute atomic E-state index is 9.56. The van der Waals surface area contributed by atoms with Crippen molar-refractivity contribution in [2.45, 2.75) is 90.2 Å². The molecule has 2 aliphatic rings. The van der Waals surface area contributed by atoms with Crippen molar-refractivity contribution in [3.63, 3.8) is 0 Å². The average molecular weight is 530 g/mol. The Morgan fingerprint density at radius 2 is 1.84 bits per heavy atom. The molecule has 204 valence electrons. The molecule has 0 saturated heterocycles. The predicted octanol–water partition coefficient (Wildman–Crippen LogP) is 5.38. The van der Waals surface area contributed by atoms with Crippen LogP contribution in [0, 0.1) is 12.8 Å². The van der Waals surface area contributed by atoms with Gasteiger partial charge in [0, 0.05) is 24.9 Å². The van der Waals surface area contributed by atoms with E-state index in [0.29, 0.717) is 17.9 Å². The summed E-state index contributed by atoms with van der Waals surface area (Å²) in [5, 5.41) is 33.8. The van der Waals surface area contributed by atoms with Crippen molar-refractivity contribution in [3.05, 3.63) is 41.1 Å². The van der Waals surface area contributed by atoms with Gasteiger partial charge in [-0.2, -0.15) is 4.98 Å². The molecule has 2 heterocycles. The summed E-state index contributed by atoms with van der Waals surface area (Å²) in [7, 11) is 0. The molecule has 5 N–H and O–H groups in total. The molecule has 2 unspecified atom stereocenters. The second kappa shape index (κ2) is 14.1. The summed E-state index contributed by atoms with van der Waals surface area (Å²) in [4.78, 5) is 14.7. The summed E-state index contributed by atoms with van der Waals surface area (Å²) >= 11 is 1.75. The van der Waals surface area contributed by atoms with E-state index in [4.69, 9.17) is 25.2 Å². The summed E-state index contributed by atoms with van der Waals surface area (Å²) in [6.45, 7) is 8.03. The highest BCUT2D eigenvalue weighted by Crippen LogP contribution is 2.37. The molecule has 1 aliphatic heterocycles. The number of aliphatic imine (C=N–C) groups is 1. The van der Waals surface area contributed by atoms with Gasteiger partial charge in [0.15, 0.2) is 5.79 Å². The molecule has 1 aliphatic carbocycles. The zero-order chi connectivity index (χ0) is 26.8. The largest absolute Gasteiger partial charge is 0.396 e. The Bertz CT molecular complexity index is 1030. The number of unbranched alkanes of at least 4 members (excludes halogenated alkanes) is 3. The number of fused-ring (bicyclic) bond motifs is 1. The lowest BCUT2D eigenvalue weighted by Gasteiger charge is -2.22. The number of aliphatic hydroxyl groups excluding tert-OH is 1. The van der Waals surface area contributed by atoms with Gasteiger partial charge < -0.3 is 26.0 Å². The van der Waals surface area contributed by atoms with E-state index in [-0.39, 0.29) is 6.61 Å². The van der Waals surface area contributed by atoms with Crippen molar-refractivity contribution in [1.82, 2.24) is 9.97 Å². The summed E-state index contributed by atoms with van der Waals surface area (Å²) in [6, 6.07) is 8.65. The third-order valence-electron chi connectivity index (χ3n) is 6.34. The van der Waals surface area contributed by atoms with E-state index in [1.54, 1.807) is 11.8 Å². The zero-order valence-electron chi connectivity index (χ0n) is 22.6. The first-order valence-electron chi connectivity index (χ1n) is 13.4. The minimum atomic E-state index is -1.50.